The van der Waals surface area contributed by atoms with Gasteiger partial charge in [0.15, 0.2) is 0 Å². The zero-order valence-electron chi connectivity index (χ0n) is 14.1. The lowest BCUT2D eigenvalue weighted by atomic mass is 9.99. The third-order valence-electron chi connectivity index (χ3n) is 3.88. The second-order valence-electron chi connectivity index (χ2n) is 5.05. The number of nitrogens with zero attached hydrogens (tertiary/aromatic N) is 1. The molecule has 1 N–H and O–H groups in total. The number of cyclic esters (lactones) is 1. The van der Waals surface area contributed by atoms with Gasteiger partial charge in [0.25, 0.3) is 0 Å². The van der Waals surface area contributed by atoms with E-state index in [1.54, 1.807) is 5.06 Å². The summed E-state index contributed by atoms with van der Waals surface area (Å²) in [7, 11) is 1.00. The highest BCUT2D eigenvalue weighted by atomic mass is 16.7. The van der Waals surface area contributed by atoms with Crippen molar-refractivity contribution in [1.82, 2.24) is 5.06 Å². The molecule has 1 aromatic rings. The van der Waals surface area contributed by atoms with Crippen molar-refractivity contribution in [2.24, 2.45) is 5.92 Å². The molecule has 5 heteroatoms. The van der Waals surface area contributed by atoms with Gasteiger partial charge >= 0.3 is 5.97 Å². The van der Waals surface area contributed by atoms with Gasteiger partial charge in [-0.05, 0) is 25.0 Å². The summed E-state index contributed by atoms with van der Waals surface area (Å²) in [6, 6.07) is 7.91. The molecule has 3 atom stereocenters. The SMILES string of the molecule is CC.CO.Cc1ccccc1CN1OCC2C(C)OC(=O)C21. The largest absolute Gasteiger partial charge is 0.461 e. The molecule has 0 spiro atoms. The van der Waals surface area contributed by atoms with E-state index in [4.69, 9.17) is 14.7 Å². The van der Waals surface area contributed by atoms with Gasteiger partial charge in [0.1, 0.15) is 12.1 Å². The predicted octanol–water partition coefficient (Wildman–Crippen LogP) is 2.31. The molecule has 1 aromatic carbocycles. The number of rotatable bonds is 2. The van der Waals surface area contributed by atoms with Crippen molar-refractivity contribution in [3.8, 4) is 0 Å². The molecule has 2 fully saturated rings. The average Bonchev–Trinajstić information content (AvgIpc) is 3.09. The topological polar surface area (TPSA) is 59.0 Å². The van der Waals surface area contributed by atoms with E-state index in [1.165, 1.54) is 11.1 Å². The quantitative estimate of drug-likeness (QED) is 0.850. The van der Waals surface area contributed by atoms with Crippen LogP contribution in [0.25, 0.3) is 0 Å². The van der Waals surface area contributed by atoms with Gasteiger partial charge in [-0.15, -0.1) is 0 Å². The smallest absolute Gasteiger partial charge is 0.326 e. The van der Waals surface area contributed by atoms with E-state index in [2.05, 4.69) is 19.1 Å². The lowest BCUT2D eigenvalue weighted by molar-refractivity contribution is -0.173. The van der Waals surface area contributed by atoms with E-state index in [0.717, 1.165) is 7.11 Å². The number of fused-ring (bicyclic) bond motifs is 1. The Balaban J connectivity index is 0.000000561. The van der Waals surface area contributed by atoms with Gasteiger partial charge in [-0.1, -0.05) is 38.1 Å². The van der Waals surface area contributed by atoms with Crippen LogP contribution in [0.1, 0.15) is 31.9 Å². The van der Waals surface area contributed by atoms with Gasteiger partial charge in [0, 0.05) is 13.0 Å². The Morgan fingerprint density at radius 3 is 2.55 bits per heavy atom. The molecule has 2 aliphatic heterocycles. The van der Waals surface area contributed by atoms with Gasteiger partial charge in [-0.25, -0.2) is 0 Å². The molecule has 124 valence electrons. The van der Waals surface area contributed by atoms with Crippen LogP contribution in [-0.4, -0.2) is 42.0 Å². The van der Waals surface area contributed by atoms with Crippen LogP contribution in [0.5, 0.6) is 0 Å². The standard InChI is InChI=1S/C14H17NO3.C2H6.CH4O/c1-9-5-3-4-6-11(9)7-15-13-12(8-17-15)10(2)18-14(13)16;2*1-2/h3-6,10,12-13H,7-8H2,1-2H3;1-2H3;2H,1H3. The molecule has 0 saturated carbocycles. The van der Waals surface area contributed by atoms with Crippen molar-refractivity contribution in [3.05, 3.63) is 35.4 Å². The van der Waals surface area contributed by atoms with Crippen LogP contribution in [0.15, 0.2) is 24.3 Å². The van der Waals surface area contributed by atoms with Crippen LogP contribution in [0.4, 0.5) is 0 Å². The van der Waals surface area contributed by atoms with Crippen LogP contribution in [-0.2, 0) is 20.9 Å². The number of hydrogen-bond acceptors (Lipinski definition) is 5. The van der Waals surface area contributed by atoms with E-state index < -0.39 is 0 Å². The highest BCUT2D eigenvalue weighted by Crippen LogP contribution is 2.34. The summed E-state index contributed by atoms with van der Waals surface area (Å²) in [5.74, 6) is 0.0140. The Hall–Kier alpha value is -1.43. The number of aryl methyl sites for hydroxylation is 1. The second-order valence-corrected chi connectivity index (χ2v) is 5.05. The number of ether oxygens (including phenoxy) is 1. The first-order chi connectivity index (χ1) is 10.7. The second kappa shape index (κ2) is 8.88. The molecule has 5 nitrogen and oxygen atoms in total. The normalized spacial score (nSPS) is 26.3. The molecule has 2 heterocycles. The maximum Gasteiger partial charge on any atom is 0.326 e. The highest BCUT2D eigenvalue weighted by molar-refractivity contribution is 5.78. The Labute approximate surface area is 132 Å². The van der Waals surface area contributed by atoms with Crippen molar-refractivity contribution in [1.29, 1.82) is 0 Å². The number of esters is 1. The zero-order valence-corrected chi connectivity index (χ0v) is 14.1. The van der Waals surface area contributed by atoms with Gasteiger partial charge in [-0.2, -0.15) is 5.06 Å². The number of hydrogen-bond donors (Lipinski definition) is 1. The molecular weight excluding hydrogens is 282 g/mol. The third-order valence-corrected chi connectivity index (χ3v) is 3.88. The molecule has 3 rings (SSSR count). The van der Waals surface area contributed by atoms with Crippen LogP contribution in [0.3, 0.4) is 0 Å². The summed E-state index contributed by atoms with van der Waals surface area (Å²) in [6.45, 7) is 9.21. The molecule has 3 unspecified atom stereocenters. The number of hydroxylamine groups is 2. The first-order valence-electron chi connectivity index (χ1n) is 7.76. The highest BCUT2D eigenvalue weighted by Gasteiger charge is 2.51. The summed E-state index contributed by atoms with van der Waals surface area (Å²) in [6.07, 6.45) is -0.0376. The summed E-state index contributed by atoms with van der Waals surface area (Å²) in [5, 5.41) is 8.78. The minimum atomic E-state index is -0.236. The molecule has 22 heavy (non-hydrogen) atoms. The van der Waals surface area contributed by atoms with Crippen LogP contribution in [0, 0.1) is 12.8 Å². The fraction of sp³-hybridized carbons (Fsp3) is 0.588. The van der Waals surface area contributed by atoms with Crippen LogP contribution >= 0.6 is 0 Å². The number of aliphatic hydroxyl groups excluding tert-OH is 1. The Morgan fingerprint density at radius 1 is 1.27 bits per heavy atom. The molecule has 0 amide bonds. The maximum absolute atomic E-state index is 11.8. The number of benzene rings is 1. The third kappa shape index (κ3) is 3.85. The van der Waals surface area contributed by atoms with E-state index in [9.17, 15) is 4.79 Å². The number of carbonyl (C=O) groups is 1. The van der Waals surface area contributed by atoms with Crippen molar-refractivity contribution in [2.75, 3.05) is 13.7 Å². The molecule has 0 aromatic heterocycles. The van der Waals surface area contributed by atoms with Crippen LogP contribution < -0.4 is 0 Å². The van der Waals surface area contributed by atoms with Gasteiger partial charge in [0.05, 0.1) is 13.2 Å². The van der Waals surface area contributed by atoms with E-state index in [1.807, 2.05) is 32.9 Å². The predicted molar refractivity (Wildman–Crippen MR) is 85.0 cm³/mol. The molecule has 2 saturated heterocycles. The van der Waals surface area contributed by atoms with Crippen molar-refractivity contribution < 1.29 is 19.5 Å². The van der Waals surface area contributed by atoms with Crippen molar-refractivity contribution in [3.63, 3.8) is 0 Å². The maximum atomic E-state index is 11.8. The molecular formula is C17H27NO4. The Kier molecular flexibility index (Phi) is 7.51. The van der Waals surface area contributed by atoms with E-state index in [0.29, 0.717) is 13.2 Å². The van der Waals surface area contributed by atoms with Crippen LogP contribution in [0.2, 0.25) is 0 Å². The minimum Gasteiger partial charge on any atom is -0.461 e. The van der Waals surface area contributed by atoms with E-state index >= 15 is 0 Å². The number of aliphatic hydroxyl groups is 1. The zero-order chi connectivity index (χ0) is 16.7. The van der Waals surface area contributed by atoms with Gasteiger partial charge < -0.3 is 9.84 Å². The minimum absolute atomic E-state index is 0.0376. The molecule has 0 bridgehead atoms. The molecule has 0 aliphatic carbocycles. The lowest BCUT2D eigenvalue weighted by Gasteiger charge is -2.19. The fourth-order valence-corrected chi connectivity index (χ4v) is 2.69. The van der Waals surface area contributed by atoms with E-state index in [-0.39, 0.29) is 24.0 Å². The number of carbonyl (C=O) groups excluding carboxylic acids is 1. The summed E-state index contributed by atoms with van der Waals surface area (Å²) < 4.78 is 5.27. The average molecular weight is 309 g/mol. The Morgan fingerprint density at radius 2 is 1.91 bits per heavy atom. The first-order valence-corrected chi connectivity index (χ1v) is 7.76. The first kappa shape index (κ1) is 18.6. The summed E-state index contributed by atoms with van der Waals surface area (Å²) in [5.41, 5.74) is 2.40. The fourth-order valence-electron chi connectivity index (χ4n) is 2.69. The summed E-state index contributed by atoms with van der Waals surface area (Å²) in [4.78, 5) is 17.5. The molecule has 0 radical (unpaired) electrons. The Bertz CT molecular complexity index is 477. The van der Waals surface area contributed by atoms with Crippen molar-refractivity contribution >= 4 is 5.97 Å². The van der Waals surface area contributed by atoms with Crippen molar-refractivity contribution in [2.45, 2.75) is 46.4 Å². The lowest BCUT2D eigenvalue weighted by Crippen LogP contribution is -2.35. The van der Waals surface area contributed by atoms with Gasteiger partial charge in [0.2, 0.25) is 0 Å². The summed E-state index contributed by atoms with van der Waals surface area (Å²) >= 11 is 0. The molecule has 2 aliphatic rings. The monoisotopic (exact) mass is 309 g/mol. The van der Waals surface area contributed by atoms with Gasteiger partial charge in [-0.3, -0.25) is 9.63 Å².